The lowest BCUT2D eigenvalue weighted by molar-refractivity contribution is -0.144. The van der Waals surface area contributed by atoms with Crippen molar-refractivity contribution in [2.75, 3.05) is 20.2 Å². The largest absolute Gasteiger partial charge is 0.466 e. The predicted molar refractivity (Wildman–Crippen MR) is 109 cm³/mol. The number of ether oxygens (including phenoxy) is 1. The fraction of sp³-hybridized carbons (Fsp3) is 0.909. The molecule has 0 fully saturated rings. The predicted octanol–water partition coefficient (Wildman–Crippen LogP) is 5.88. The zero-order valence-electron chi connectivity index (χ0n) is 17.7. The summed E-state index contributed by atoms with van der Waals surface area (Å²) in [4.78, 5) is 25.3. The summed E-state index contributed by atoms with van der Waals surface area (Å²) in [7, 11) is 1.78. The number of nitrogens with zero attached hydrogens (tertiary/aromatic N) is 1. The first kappa shape index (κ1) is 24.9. The Kier molecular flexibility index (Phi) is 18.0. The summed E-state index contributed by atoms with van der Waals surface area (Å²) in [6, 6.07) is 0. The molecule has 1 amide bonds. The molecule has 0 aliphatic heterocycles. The summed E-state index contributed by atoms with van der Waals surface area (Å²) in [5.41, 5.74) is 0. The van der Waals surface area contributed by atoms with E-state index < -0.39 is 0 Å². The van der Waals surface area contributed by atoms with E-state index in [9.17, 15) is 9.59 Å². The molecule has 0 atom stereocenters. The molecule has 0 spiro atoms. The summed E-state index contributed by atoms with van der Waals surface area (Å²) in [6.45, 7) is 5.27. The molecule has 0 heterocycles. The fourth-order valence-electron chi connectivity index (χ4n) is 2.92. The van der Waals surface area contributed by atoms with E-state index in [1.807, 2.05) is 0 Å². The lowest BCUT2D eigenvalue weighted by atomic mass is 10.1. The number of unbranched alkanes of at least 4 members (excludes halogenated alkanes) is 11. The van der Waals surface area contributed by atoms with Crippen LogP contribution in [0, 0.1) is 0 Å². The molecular weight excluding hydrogens is 326 g/mol. The van der Waals surface area contributed by atoms with E-state index in [0.29, 0.717) is 26.0 Å². The average molecular weight is 370 g/mol. The van der Waals surface area contributed by atoms with Crippen molar-refractivity contribution in [3.63, 3.8) is 0 Å². The Hall–Kier alpha value is -1.06. The quantitative estimate of drug-likeness (QED) is 0.224. The van der Waals surface area contributed by atoms with Gasteiger partial charge < -0.3 is 9.64 Å². The molecule has 0 aromatic heterocycles. The third-order valence-corrected chi connectivity index (χ3v) is 4.83. The molecule has 0 saturated carbocycles. The van der Waals surface area contributed by atoms with E-state index in [4.69, 9.17) is 4.74 Å². The van der Waals surface area contributed by atoms with Gasteiger partial charge in [-0.1, -0.05) is 84.5 Å². The summed E-state index contributed by atoms with van der Waals surface area (Å²) in [6.07, 6.45) is 17.0. The molecule has 4 heteroatoms. The van der Waals surface area contributed by atoms with Gasteiger partial charge in [-0.25, -0.2) is 0 Å². The van der Waals surface area contributed by atoms with Crippen LogP contribution < -0.4 is 0 Å². The van der Waals surface area contributed by atoms with Gasteiger partial charge in [0.2, 0.25) is 5.91 Å². The van der Waals surface area contributed by atoms with E-state index in [0.717, 1.165) is 25.7 Å². The Morgan fingerprint density at radius 1 is 0.692 bits per heavy atom. The number of amides is 1. The number of hydrogen-bond donors (Lipinski definition) is 0. The van der Waals surface area contributed by atoms with Crippen molar-refractivity contribution in [3.05, 3.63) is 0 Å². The van der Waals surface area contributed by atoms with Gasteiger partial charge in [0.1, 0.15) is 0 Å². The van der Waals surface area contributed by atoms with Gasteiger partial charge >= 0.3 is 5.97 Å². The first-order valence-electron chi connectivity index (χ1n) is 11.0. The van der Waals surface area contributed by atoms with Crippen LogP contribution in [0.4, 0.5) is 0 Å². The van der Waals surface area contributed by atoms with E-state index in [-0.39, 0.29) is 11.9 Å². The molecule has 0 radical (unpaired) electrons. The van der Waals surface area contributed by atoms with Crippen molar-refractivity contribution >= 4 is 11.9 Å². The fourth-order valence-corrected chi connectivity index (χ4v) is 2.92. The number of hydrogen-bond acceptors (Lipinski definition) is 3. The smallest absolute Gasteiger partial charge is 0.307 e. The zero-order valence-corrected chi connectivity index (χ0v) is 17.7. The lowest BCUT2D eigenvalue weighted by Crippen LogP contribution is -2.29. The lowest BCUT2D eigenvalue weighted by Gasteiger charge is -2.16. The van der Waals surface area contributed by atoms with Gasteiger partial charge in [-0.05, 0) is 12.8 Å². The van der Waals surface area contributed by atoms with Crippen LogP contribution in [0.2, 0.25) is 0 Å². The molecule has 0 N–H and O–H groups in total. The van der Waals surface area contributed by atoms with Gasteiger partial charge in [-0.15, -0.1) is 0 Å². The van der Waals surface area contributed by atoms with Crippen LogP contribution in [0.15, 0.2) is 0 Å². The normalized spacial score (nSPS) is 10.7. The van der Waals surface area contributed by atoms with Crippen LogP contribution in [0.5, 0.6) is 0 Å². The molecular formula is C22H43NO3. The van der Waals surface area contributed by atoms with E-state index >= 15 is 0 Å². The van der Waals surface area contributed by atoms with Crippen LogP contribution in [-0.2, 0) is 14.3 Å². The highest BCUT2D eigenvalue weighted by Gasteiger charge is 2.11. The standard InChI is InChI=1S/C22H43NO3/c1-4-6-8-9-10-11-12-13-14-15-16-17-21(24)23(3)19-18-22(25)26-20-7-5-2/h4-20H2,1-3H3. The Morgan fingerprint density at radius 2 is 1.19 bits per heavy atom. The maximum Gasteiger partial charge on any atom is 0.307 e. The minimum atomic E-state index is -0.201. The molecule has 0 bridgehead atoms. The Morgan fingerprint density at radius 3 is 1.73 bits per heavy atom. The number of rotatable bonds is 18. The first-order valence-corrected chi connectivity index (χ1v) is 11.0. The highest BCUT2D eigenvalue weighted by Crippen LogP contribution is 2.12. The van der Waals surface area contributed by atoms with E-state index in [1.165, 1.54) is 57.8 Å². The Balaban J connectivity index is 3.45. The third-order valence-electron chi connectivity index (χ3n) is 4.83. The maximum atomic E-state index is 12.1. The van der Waals surface area contributed by atoms with E-state index in [2.05, 4.69) is 13.8 Å². The summed E-state index contributed by atoms with van der Waals surface area (Å²) >= 11 is 0. The minimum absolute atomic E-state index is 0.141. The molecule has 0 saturated heterocycles. The molecule has 26 heavy (non-hydrogen) atoms. The van der Waals surface area contributed by atoms with Gasteiger partial charge in [-0.3, -0.25) is 9.59 Å². The monoisotopic (exact) mass is 369 g/mol. The topological polar surface area (TPSA) is 46.6 Å². The third kappa shape index (κ3) is 16.4. The second kappa shape index (κ2) is 18.7. The second-order valence-electron chi connectivity index (χ2n) is 7.42. The van der Waals surface area contributed by atoms with Crippen LogP contribution in [0.1, 0.15) is 110 Å². The molecule has 0 unspecified atom stereocenters. The van der Waals surface area contributed by atoms with Crippen molar-refractivity contribution < 1.29 is 14.3 Å². The highest BCUT2D eigenvalue weighted by atomic mass is 16.5. The molecule has 0 aliphatic carbocycles. The highest BCUT2D eigenvalue weighted by molar-refractivity contribution is 5.77. The summed E-state index contributed by atoms with van der Waals surface area (Å²) < 4.78 is 5.11. The zero-order chi connectivity index (χ0) is 19.5. The Bertz CT molecular complexity index is 344. The number of carbonyl (C=O) groups excluding carboxylic acids is 2. The van der Waals surface area contributed by atoms with Gasteiger partial charge in [0.05, 0.1) is 13.0 Å². The van der Waals surface area contributed by atoms with E-state index in [1.54, 1.807) is 11.9 Å². The number of carbonyl (C=O) groups is 2. The summed E-state index contributed by atoms with van der Waals surface area (Å²) in [5.74, 6) is -0.0601. The van der Waals surface area contributed by atoms with Gasteiger partial charge in [-0.2, -0.15) is 0 Å². The van der Waals surface area contributed by atoms with Crippen molar-refractivity contribution in [3.8, 4) is 0 Å². The van der Waals surface area contributed by atoms with Crippen molar-refractivity contribution in [2.24, 2.45) is 0 Å². The molecule has 0 rings (SSSR count). The van der Waals surface area contributed by atoms with Crippen molar-refractivity contribution in [1.82, 2.24) is 4.90 Å². The minimum Gasteiger partial charge on any atom is -0.466 e. The second-order valence-corrected chi connectivity index (χ2v) is 7.42. The molecule has 0 aromatic carbocycles. The maximum absolute atomic E-state index is 12.1. The van der Waals surface area contributed by atoms with Crippen LogP contribution in [0.25, 0.3) is 0 Å². The van der Waals surface area contributed by atoms with Gasteiger partial charge in [0, 0.05) is 20.0 Å². The van der Waals surface area contributed by atoms with Gasteiger partial charge in [0.25, 0.3) is 0 Å². The van der Waals surface area contributed by atoms with Crippen LogP contribution in [0.3, 0.4) is 0 Å². The average Bonchev–Trinajstić information content (AvgIpc) is 2.64. The molecule has 4 nitrogen and oxygen atoms in total. The molecule has 0 aromatic rings. The van der Waals surface area contributed by atoms with Crippen molar-refractivity contribution in [1.29, 1.82) is 0 Å². The van der Waals surface area contributed by atoms with Crippen molar-refractivity contribution in [2.45, 2.75) is 110 Å². The van der Waals surface area contributed by atoms with Crippen LogP contribution in [-0.4, -0.2) is 37.0 Å². The molecule has 154 valence electrons. The Labute approximate surface area is 162 Å². The summed E-state index contributed by atoms with van der Waals surface area (Å²) in [5, 5.41) is 0. The number of esters is 1. The molecule has 0 aliphatic rings. The van der Waals surface area contributed by atoms with Crippen LogP contribution >= 0.6 is 0 Å². The first-order chi connectivity index (χ1) is 12.6. The SMILES string of the molecule is CCCCCCCCCCCCCC(=O)N(C)CCC(=O)OCCCC. The van der Waals surface area contributed by atoms with Gasteiger partial charge in [0.15, 0.2) is 0 Å².